The number of carbonyl (C=O) groups is 2. The Morgan fingerprint density at radius 1 is 1.09 bits per heavy atom. The summed E-state index contributed by atoms with van der Waals surface area (Å²) in [6, 6.07) is 13.7. The fourth-order valence-corrected chi connectivity index (χ4v) is 2.19. The van der Waals surface area contributed by atoms with E-state index in [1.165, 1.54) is 0 Å². The number of fused-ring (bicyclic) bond motifs is 1. The van der Waals surface area contributed by atoms with E-state index in [2.05, 4.69) is 26.6 Å². The van der Waals surface area contributed by atoms with Crippen LogP contribution in [-0.2, 0) is 9.59 Å². The minimum Gasteiger partial charge on any atom is -0.354 e. The third kappa shape index (κ3) is 4.31. The van der Waals surface area contributed by atoms with Gasteiger partial charge in [-0.15, -0.1) is 0 Å². The Hall–Kier alpha value is -1.88. The molecule has 0 radical (unpaired) electrons. The van der Waals surface area contributed by atoms with Crippen molar-refractivity contribution in [3.63, 3.8) is 0 Å². The average molecular weight is 363 g/mol. The molecule has 0 fully saturated rings. The topological polar surface area (TPSA) is 58.2 Å². The van der Waals surface area contributed by atoms with E-state index in [-0.39, 0.29) is 18.2 Å². The lowest BCUT2D eigenvalue weighted by molar-refractivity contribution is -0.122. The number of benzene rings is 2. The lowest BCUT2D eigenvalue weighted by Crippen LogP contribution is -2.38. The van der Waals surface area contributed by atoms with E-state index in [9.17, 15) is 9.59 Å². The van der Waals surface area contributed by atoms with E-state index in [0.717, 1.165) is 16.5 Å². The van der Waals surface area contributed by atoms with Crippen molar-refractivity contribution < 1.29 is 9.59 Å². The molecular formula is C17H19BrN2O2. The van der Waals surface area contributed by atoms with Gasteiger partial charge in [-0.3, -0.25) is 9.59 Å². The Kier molecular flexibility index (Phi) is 5.19. The first-order valence-electron chi connectivity index (χ1n) is 7.13. The van der Waals surface area contributed by atoms with Gasteiger partial charge in [0.1, 0.15) is 0 Å². The van der Waals surface area contributed by atoms with E-state index < -0.39 is 4.32 Å². The molecule has 4 nitrogen and oxygen atoms in total. The van der Waals surface area contributed by atoms with Crippen molar-refractivity contribution in [3.8, 4) is 0 Å². The fourth-order valence-electron chi connectivity index (χ4n) is 2.05. The highest BCUT2D eigenvalue weighted by Crippen LogP contribution is 2.23. The van der Waals surface area contributed by atoms with Gasteiger partial charge < -0.3 is 10.6 Å². The molecule has 0 heterocycles. The lowest BCUT2D eigenvalue weighted by atomic mass is 10.1. The number of hydrogen-bond acceptors (Lipinski definition) is 2. The van der Waals surface area contributed by atoms with E-state index in [1.54, 1.807) is 13.8 Å². The van der Waals surface area contributed by atoms with Gasteiger partial charge in [0.05, 0.1) is 4.32 Å². The Labute approximate surface area is 138 Å². The van der Waals surface area contributed by atoms with Gasteiger partial charge in [-0.1, -0.05) is 52.3 Å². The van der Waals surface area contributed by atoms with Crippen molar-refractivity contribution in [2.24, 2.45) is 0 Å². The molecule has 0 bridgehead atoms. The van der Waals surface area contributed by atoms with Crippen LogP contribution in [0.1, 0.15) is 20.3 Å². The Morgan fingerprint density at radius 2 is 1.77 bits per heavy atom. The summed E-state index contributed by atoms with van der Waals surface area (Å²) in [5.74, 6) is -0.255. The predicted octanol–water partition coefficient (Wildman–Crippen LogP) is 3.46. The first-order chi connectivity index (χ1) is 10.4. The van der Waals surface area contributed by atoms with Crippen molar-refractivity contribution in [2.75, 3.05) is 11.9 Å². The lowest BCUT2D eigenvalue weighted by Gasteiger charge is -2.15. The number of hydrogen-bond donors (Lipinski definition) is 2. The second-order valence-corrected chi connectivity index (χ2v) is 7.54. The third-order valence-corrected chi connectivity index (χ3v) is 3.60. The molecular weight excluding hydrogens is 344 g/mol. The van der Waals surface area contributed by atoms with E-state index in [0.29, 0.717) is 6.54 Å². The van der Waals surface area contributed by atoms with Crippen molar-refractivity contribution in [3.05, 3.63) is 42.5 Å². The van der Waals surface area contributed by atoms with E-state index in [4.69, 9.17) is 0 Å². The molecule has 2 aromatic carbocycles. The van der Waals surface area contributed by atoms with Gasteiger partial charge in [-0.2, -0.15) is 0 Å². The summed E-state index contributed by atoms with van der Waals surface area (Å²) in [5, 5.41) is 7.71. The molecule has 2 N–H and O–H groups in total. The van der Waals surface area contributed by atoms with Crippen LogP contribution in [0.25, 0.3) is 10.8 Å². The summed E-state index contributed by atoms with van der Waals surface area (Å²) in [5.41, 5.74) is 0.787. The van der Waals surface area contributed by atoms with Gasteiger partial charge in [0.15, 0.2) is 0 Å². The highest BCUT2D eigenvalue weighted by atomic mass is 79.9. The summed E-state index contributed by atoms with van der Waals surface area (Å²) in [6.07, 6.45) is 0.234. The summed E-state index contributed by atoms with van der Waals surface area (Å²) >= 11 is 3.28. The molecule has 0 aliphatic rings. The Bertz CT molecular complexity index is 687. The fraction of sp³-hybridized carbons (Fsp3) is 0.294. The van der Waals surface area contributed by atoms with Crippen molar-refractivity contribution in [1.82, 2.24) is 5.32 Å². The maximum Gasteiger partial charge on any atom is 0.236 e. The minimum atomic E-state index is -0.626. The summed E-state index contributed by atoms with van der Waals surface area (Å²) < 4.78 is -0.626. The van der Waals surface area contributed by atoms with Crippen molar-refractivity contribution >= 4 is 44.2 Å². The highest BCUT2D eigenvalue weighted by molar-refractivity contribution is 9.10. The Balaban J connectivity index is 1.93. The smallest absolute Gasteiger partial charge is 0.236 e. The second kappa shape index (κ2) is 6.92. The number of carbonyl (C=O) groups excluding carboxylic acids is 2. The van der Waals surface area contributed by atoms with Gasteiger partial charge in [0.2, 0.25) is 11.8 Å². The van der Waals surface area contributed by atoms with Crippen LogP contribution in [0.3, 0.4) is 0 Å². The molecule has 0 atom stereocenters. The van der Waals surface area contributed by atoms with Crippen LogP contribution >= 0.6 is 15.9 Å². The third-order valence-electron chi connectivity index (χ3n) is 3.24. The zero-order valence-corrected chi connectivity index (χ0v) is 14.2. The number of halogens is 1. The van der Waals surface area contributed by atoms with Gasteiger partial charge in [0.25, 0.3) is 0 Å². The first kappa shape index (κ1) is 16.5. The van der Waals surface area contributed by atoms with Crippen LogP contribution in [0, 0.1) is 0 Å². The number of nitrogens with one attached hydrogen (secondary N) is 2. The molecule has 116 valence electrons. The standard InChI is InChI=1S/C17H19BrN2O2/c1-17(2,18)16(22)19-11-10-15(21)20-14-9-5-7-12-6-3-4-8-13(12)14/h3-9H,10-11H2,1-2H3,(H,19,22)(H,20,21). The van der Waals surface area contributed by atoms with Crippen molar-refractivity contribution in [1.29, 1.82) is 0 Å². The number of rotatable bonds is 5. The molecule has 2 amide bonds. The van der Waals surface area contributed by atoms with Gasteiger partial charge in [-0.25, -0.2) is 0 Å². The zero-order valence-electron chi connectivity index (χ0n) is 12.7. The van der Waals surface area contributed by atoms with Crippen LogP contribution in [0.2, 0.25) is 0 Å². The van der Waals surface area contributed by atoms with E-state index >= 15 is 0 Å². The van der Waals surface area contributed by atoms with Gasteiger partial charge >= 0.3 is 0 Å². The zero-order chi connectivity index (χ0) is 16.2. The van der Waals surface area contributed by atoms with Gasteiger partial charge in [0, 0.05) is 24.0 Å². The molecule has 0 aliphatic heterocycles. The average Bonchev–Trinajstić information content (AvgIpc) is 2.46. The molecule has 0 unspecified atom stereocenters. The van der Waals surface area contributed by atoms with Crippen molar-refractivity contribution in [2.45, 2.75) is 24.6 Å². The van der Waals surface area contributed by atoms with Crippen LogP contribution in [0.15, 0.2) is 42.5 Å². The molecule has 0 saturated heterocycles. The highest BCUT2D eigenvalue weighted by Gasteiger charge is 2.22. The molecule has 2 aromatic rings. The molecule has 0 aliphatic carbocycles. The van der Waals surface area contributed by atoms with Crippen LogP contribution in [-0.4, -0.2) is 22.7 Å². The van der Waals surface area contributed by atoms with Crippen LogP contribution in [0.5, 0.6) is 0 Å². The molecule has 0 spiro atoms. The molecule has 22 heavy (non-hydrogen) atoms. The maximum atomic E-state index is 12.0. The SMILES string of the molecule is CC(C)(Br)C(=O)NCCC(=O)Nc1cccc2ccccc12. The second-order valence-electron chi connectivity index (χ2n) is 5.55. The largest absolute Gasteiger partial charge is 0.354 e. The summed E-state index contributed by atoms with van der Waals surface area (Å²) in [6.45, 7) is 3.83. The maximum absolute atomic E-state index is 12.0. The summed E-state index contributed by atoms with van der Waals surface area (Å²) in [7, 11) is 0. The quantitative estimate of drug-likeness (QED) is 0.800. The molecule has 2 rings (SSSR count). The minimum absolute atomic E-state index is 0.121. The summed E-state index contributed by atoms with van der Waals surface area (Å²) in [4.78, 5) is 23.7. The number of amides is 2. The monoisotopic (exact) mass is 362 g/mol. The number of alkyl halides is 1. The first-order valence-corrected chi connectivity index (χ1v) is 7.92. The number of anilines is 1. The van der Waals surface area contributed by atoms with Gasteiger partial charge in [-0.05, 0) is 25.3 Å². The molecule has 0 aromatic heterocycles. The molecule has 5 heteroatoms. The van der Waals surface area contributed by atoms with Crippen LogP contribution < -0.4 is 10.6 Å². The normalized spacial score (nSPS) is 11.2. The predicted molar refractivity (Wildman–Crippen MR) is 93.2 cm³/mol. The van der Waals surface area contributed by atoms with E-state index in [1.807, 2.05) is 42.5 Å². The Morgan fingerprint density at radius 3 is 2.50 bits per heavy atom. The van der Waals surface area contributed by atoms with Crippen LogP contribution in [0.4, 0.5) is 5.69 Å². The molecule has 0 saturated carbocycles.